The summed E-state index contributed by atoms with van der Waals surface area (Å²) in [6.07, 6.45) is 0.428. The first kappa shape index (κ1) is 27.9. The van der Waals surface area contributed by atoms with E-state index in [9.17, 15) is 5.11 Å². The Hall–Kier alpha value is -1.10. The first-order valence-electron chi connectivity index (χ1n) is 10.1. The summed E-state index contributed by atoms with van der Waals surface area (Å²) in [6.45, 7) is 10.5. The molecule has 0 heterocycles. The number of aliphatic imine (C=N–C) groups is 1. The highest BCUT2D eigenvalue weighted by molar-refractivity contribution is 14.0. The van der Waals surface area contributed by atoms with E-state index < -0.39 is 6.10 Å². The Morgan fingerprint density at radius 3 is 2.66 bits per heavy atom. The molecule has 1 atom stereocenters. The molecule has 0 fully saturated rings. The molecule has 0 aromatic heterocycles. The number of ether oxygens (including phenoxy) is 2. The highest BCUT2D eigenvalue weighted by Crippen LogP contribution is 2.20. The van der Waals surface area contributed by atoms with Crippen LogP contribution in [0.1, 0.15) is 38.9 Å². The van der Waals surface area contributed by atoms with E-state index in [0.29, 0.717) is 0 Å². The molecule has 0 saturated heterocycles. The van der Waals surface area contributed by atoms with Crippen LogP contribution in [0.3, 0.4) is 0 Å². The van der Waals surface area contributed by atoms with E-state index in [-0.39, 0.29) is 36.6 Å². The van der Waals surface area contributed by atoms with Crippen LogP contribution < -0.4 is 15.4 Å². The Labute approximate surface area is 193 Å². The molecule has 0 amide bonds. The fourth-order valence-electron chi connectivity index (χ4n) is 2.61. The van der Waals surface area contributed by atoms with Crippen molar-refractivity contribution in [1.29, 1.82) is 0 Å². The fourth-order valence-corrected chi connectivity index (χ4v) is 2.61. The minimum Gasteiger partial charge on any atom is -0.491 e. The van der Waals surface area contributed by atoms with E-state index in [1.165, 1.54) is 0 Å². The summed E-state index contributed by atoms with van der Waals surface area (Å²) >= 11 is 0. The molecule has 1 rings (SSSR count). The van der Waals surface area contributed by atoms with E-state index in [1.54, 1.807) is 7.11 Å². The van der Waals surface area contributed by atoms with E-state index in [1.807, 2.05) is 45.0 Å². The molecule has 1 unspecified atom stereocenters. The molecule has 0 aliphatic heterocycles. The predicted octanol–water partition coefficient (Wildman–Crippen LogP) is 2.65. The highest BCUT2D eigenvalue weighted by atomic mass is 127. The van der Waals surface area contributed by atoms with Gasteiger partial charge in [0.15, 0.2) is 5.96 Å². The number of hydrogen-bond acceptors (Lipinski definition) is 5. The number of rotatable bonds is 13. The van der Waals surface area contributed by atoms with Gasteiger partial charge in [-0.1, -0.05) is 12.1 Å². The molecular formula is C21H39IN4O3. The van der Waals surface area contributed by atoms with Crippen molar-refractivity contribution in [1.82, 2.24) is 15.5 Å². The number of aliphatic hydroxyl groups is 1. The molecule has 1 aromatic carbocycles. The lowest BCUT2D eigenvalue weighted by Crippen LogP contribution is -2.39. The van der Waals surface area contributed by atoms with Crippen LogP contribution >= 0.6 is 24.0 Å². The molecule has 0 spiro atoms. The standard InChI is InChI=1S/C21H38N4O3.HI/c1-6-22-21(23-11-8-12-25(4)13-14-27-5)24-16-20(26)18-9-7-10-19(15-18)28-17(2)3;/h7,9-10,15,17,20,26H,6,8,11-14,16H2,1-5H3,(H2,22,23,24);1H. The fraction of sp³-hybridized carbons (Fsp3) is 0.667. The van der Waals surface area contributed by atoms with Crippen molar-refractivity contribution in [2.24, 2.45) is 4.99 Å². The molecule has 0 radical (unpaired) electrons. The number of halogens is 1. The maximum absolute atomic E-state index is 10.5. The van der Waals surface area contributed by atoms with Crippen molar-refractivity contribution in [2.45, 2.75) is 39.4 Å². The second kappa shape index (κ2) is 16.7. The Kier molecular flexibility index (Phi) is 16.0. The van der Waals surface area contributed by atoms with Crippen molar-refractivity contribution >= 4 is 29.9 Å². The van der Waals surface area contributed by atoms with Gasteiger partial charge in [-0.3, -0.25) is 4.99 Å². The molecule has 3 N–H and O–H groups in total. The predicted molar refractivity (Wildman–Crippen MR) is 131 cm³/mol. The second-order valence-corrected chi connectivity index (χ2v) is 7.05. The largest absolute Gasteiger partial charge is 0.491 e. The van der Waals surface area contributed by atoms with Crippen molar-refractivity contribution in [3.63, 3.8) is 0 Å². The van der Waals surface area contributed by atoms with Crippen LogP contribution in [-0.2, 0) is 4.74 Å². The molecule has 8 heteroatoms. The number of nitrogens with zero attached hydrogens (tertiary/aromatic N) is 2. The molecule has 0 aliphatic carbocycles. The van der Waals surface area contributed by atoms with Crippen molar-refractivity contribution in [3.8, 4) is 5.75 Å². The number of aliphatic hydroxyl groups excluding tert-OH is 1. The van der Waals surface area contributed by atoms with Crippen LogP contribution in [0.15, 0.2) is 29.3 Å². The van der Waals surface area contributed by atoms with Gasteiger partial charge in [-0.2, -0.15) is 0 Å². The second-order valence-electron chi connectivity index (χ2n) is 7.05. The zero-order chi connectivity index (χ0) is 20.8. The third-order valence-electron chi connectivity index (χ3n) is 4.07. The minimum absolute atomic E-state index is 0. The molecule has 0 bridgehead atoms. The van der Waals surface area contributed by atoms with Crippen LogP contribution in [0.25, 0.3) is 0 Å². The van der Waals surface area contributed by atoms with Crippen molar-refractivity contribution < 1.29 is 14.6 Å². The third-order valence-corrected chi connectivity index (χ3v) is 4.07. The van der Waals surface area contributed by atoms with Gasteiger partial charge in [0.2, 0.25) is 0 Å². The average Bonchev–Trinajstić information content (AvgIpc) is 2.67. The quantitative estimate of drug-likeness (QED) is 0.160. The lowest BCUT2D eigenvalue weighted by atomic mass is 10.1. The Morgan fingerprint density at radius 1 is 1.24 bits per heavy atom. The van der Waals surface area contributed by atoms with Gasteiger partial charge < -0.3 is 30.1 Å². The molecule has 168 valence electrons. The molecular weight excluding hydrogens is 483 g/mol. The molecule has 29 heavy (non-hydrogen) atoms. The molecule has 0 saturated carbocycles. The molecule has 0 aliphatic rings. The normalized spacial score (nSPS) is 12.6. The van der Waals surface area contributed by atoms with Gasteiger partial charge >= 0.3 is 0 Å². The summed E-state index contributed by atoms with van der Waals surface area (Å²) in [4.78, 5) is 6.76. The zero-order valence-corrected chi connectivity index (χ0v) is 20.8. The first-order valence-corrected chi connectivity index (χ1v) is 10.1. The topological polar surface area (TPSA) is 78.4 Å². The van der Waals surface area contributed by atoms with E-state index in [2.05, 4.69) is 27.6 Å². The van der Waals surface area contributed by atoms with Crippen molar-refractivity contribution in [2.75, 3.05) is 53.5 Å². The Morgan fingerprint density at radius 2 is 2.00 bits per heavy atom. The van der Waals surface area contributed by atoms with Crippen LogP contribution in [0, 0.1) is 0 Å². The van der Waals surface area contributed by atoms with E-state index in [0.717, 1.165) is 56.5 Å². The molecule has 1 aromatic rings. The summed E-state index contributed by atoms with van der Waals surface area (Å²) in [5.74, 6) is 1.48. The third kappa shape index (κ3) is 12.9. The van der Waals surface area contributed by atoms with Gasteiger partial charge in [0.25, 0.3) is 0 Å². The maximum Gasteiger partial charge on any atom is 0.191 e. The monoisotopic (exact) mass is 522 g/mol. The van der Waals surface area contributed by atoms with Gasteiger partial charge in [-0.15, -0.1) is 24.0 Å². The summed E-state index contributed by atoms with van der Waals surface area (Å²) in [5.41, 5.74) is 0.803. The van der Waals surface area contributed by atoms with Crippen LogP contribution in [0.5, 0.6) is 5.75 Å². The van der Waals surface area contributed by atoms with Crippen LogP contribution in [-0.4, -0.2) is 75.6 Å². The number of methoxy groups -OCH3 is 1. The smallest absolute Gasteiger partial charge is 0.191 e. The SMILES string of the molecule is CCNC(=NCC(O)c1cccc(OC(C)C)c1)NCCCN(C)CCOC.I. The number of likely N-dealkylation sites (N-methyl/N-ethyl adjacent to an activating group) is 1. The summed E-state index contributed by atoms with van der Waals surface area (Å²) in [6, 6.07) is 7.55. The summed E-state index contributed by atoms with van der Waals surface area (Å²) < 4.78 is 10.8. The maximum atomic E-state index is 10.5. The number of benzene rings is 1. The minimum atomic E-state index is -0.675. The van der Waals surface area contributed by atoms with E-state index >= 15 is 0 Å². The lowest BCUT2D eigenvalue weighted by Gasteiger charge is -2.17. The van der Waals surface area contributed by atoms with Gasteiger partial charge in [0, 0.05) is 26.7 Å². The lowest BCUT2D eigenvalue weighted by molar-refractivity contribution is 0.161. The average molecular weight is 522 g/mol. The highest BCUT2D eigenvalue weighted by Gasteiger charge is 2.09. The number of hydrogen-bond donors (Lipinski definition) is 3. The Bertz CT molecular complexity index is 573. The van der Waals surface area contributed by atoms with Crippen LogP contribution in [0.2, 0.25) is 0 Å². The number of nitrogens with one attached hydrogen (secondary N) is 2. The van der Waals surface area contributed by atoms with Crippen LogP contribution in [0.4, 0.5) is 0 Å². The van der Waals surface area contributed by atoms with Gasteiger partial charge in [0.1, 0.15) is 5.75 Å². The van der Waals surface area contributed by atoms with Crippen molar-refractivity contribution in [3.05, 3.63) is 29.8 Å². The Balaban J connectivity index is 0.00000784. The molecule has 7 nitrogen and oxygen atoms in total. The van der Waals surface area contributed by atoms with Gasteiger partial charge in [-0.25, -0.2) is 0 Å². The van der Waals surface area contributed by atoms with Gasteiger partial charge in [-0.05, 0) is 58.5 Å². The summed E-state index contributed by atoms with van der Waals surface area (Å²) in [7, 11) is 3.81. The number of guanidine groups is 1. The van der Waals surface area contributed by atoms with Gasteiger partial charge in [0.05, 0.1) is 25.4 Å². The van der Waals surface area contributed by atoms with E-state index in [4.69, 9.17) is 9.47 Å². The first-order chi connectivity index (χ1) is 13.5. The zero-order valence-electron chi connectivity index (χ0n) is 18.5. The summed E-state index contributed by atoms with van der Waals surface area (Å²) in [5, 5.41) is 17.0.